The van der Waals surface area contributed by atoms with Gasteiger partial charge in [0.05, 0.1) is 0 Å². The SMILES string of the molecule is CCCCN(C(=O)c1cc(NC)ccn1)C(C)CC. The van der Waals surface area contributed by atoms with Gasteiger partial charge < -0.3 is 10.2 Å². The van der Waals surface area contributed by atoms with Crippen LogP contribution in [0, 0.1) is 0 Å². The van der Waals surface area contributed by atoms with Crippen LogP contribution in [0.4, 0.5) is 5.69 Å². The van der Waals surface area contributed by atoms with Gasteiger partial charge in [-0.25, -0.2) is 0 Å². The largest absolute Gasteiger partial charge is 0.388 e. The van der Waals surface area contributed by atoms with E-state index in [1.54, 1.807) is 6.20 Å². The van der Waals surface area contributed by atoms with Crippen molar-refractivity contribution in [3.63, 3.8) is 0 Å². The molecule has 4 heteroatoms. The maximum absolute atomic E-state index is 12.6. The van der Waals surface area contributed by atoms with E-state index in [1.807, 2.05) is 24.1 Å². The molecule has 0 aromatic carbocycles. The molecule has 106 valence electrons. The zero-order valence-electron chi connectivity index (χ0n) is 12.4. The second kappa shape index (κ2) is 7.77. The average molecular weight is 263 g/mol. The topological polar surface area (TPSA) is 45.2 Å². The van der Waals surface area contributed by atoms with Crippen LogP contribution in [-0.4, -0.2) is 35.4 Å². The first-order valence-corrected chi connectivity index (χ1v) is 7.08. The Morgan fingerprint density at radius 3 is 2.79 bits per heavy atom. The van der Waals surface area contributed by atoms with Gasteiger partial charge in [0.2, 0.25) is 0 Å². The molecule has 0 aliphatic heterocycles. The molecular formula is C15H25N3O. The number of carbonyl (C=O) groups excluding carboxylic acids is 1. The monoisotopic (exact) mass is 263 g/mol. The molecule has 0 aliphatic carbocycles. The van der Waals surface area contributed by atoms with Gasteiger partial charge in [0.25, 0.3) is 5.91 Å². The van der Waals surface area contributed by atoms with Crippen LogP contribution >= 0.6 is 0 Å². The summed E-state index contributed by atoms with van der Waals surface area (Å²) in [5.74, 6) is 0.0277. The summed E-state index contributed by atoms with van der Waals surface area (Å²) in [5.41, 5.74) is 1.43. The predicted molar refractivity (Wildman–Crippen MR) is 79.5 cm³/mol. The van der Waals surface area contributed by atoms with Gasteiger partial charge in [-0.2, -0.15) is 0 Å². The maximum Gasteiger partial charge on any atom is 0.272 e. The Hall–Kier alpha value is -1.58. The smallest absolute Gasteiger partial charge is 0.272 e. The lowest BCUT2D eigenvalue weighted by Crippen LogP contribution is -2.39. The zero-order chi connectivity index (χ0) is 14.3. The van der Waals surface area contributed by atoms with Gasteiger partial charge >= 0.3 is 0 Å². The average Bonchev–Trinajstić information content (AvgIpc) is 2.47. The summed E-state index contributed by atoms with van der Waals surface area (Å²) < 4.78 is 0. The molecule has 0 saturated carbocycles. The number of unbranched alkanes of at least 4 members (excludes halogenated alkanes) is 1. The van der Waals surface area contributed by atoms with Crippen LogP contribution in [0.2, 0.25) is 0 Å². The van der Waals surface area contributed by atoms with Crippen molar-refractivity contribution < 1.29 is 4.79 Å². The third-order valence-corrected chi connectivity index (χ3v) is 3.40. The molecule has 0 radical (unpaired) electrons. The Labute approximate surface area is 116 Å². The summed E-state index contributed by atoms with van der Waals surface area (Å²) in [7, 11) is 1.84. The summed E-state index contributed by atoms with van der Waals surface area (Å²) in [6.07, 6.45) is 4.75. The normalized spacial score (nSPS) is 12.0. The van der Waals surface area contributed by atoms with E-state index >= 15 is 0 Å². The number of carbonyl (C=O) groups is 1. The first-order valence-electron chi connectivity index (χ1n) is 7.08. The summed E-state index contributed by atoms with van der Waals surface area (Å²) in [5, 5.41) is 3.04. The standard InChI is InChI=1S/C15H25N3O/c1-5-7-10-18(12(3)6-2)15(19)14-11-13(16-4)8-9-17-14/h8-9,11-12H,5-7,10H2,1-4H3,(H,16,17). The molecule has 1 amide bonds. The van der Waals surface area contributed by atoms with Crippen LogP contribution in [0.25, 0.3) is 0 Å². The van der Waals surface area contributed by atoms with E-state index in [-0.39, 0.29) is 11.9 Å². The number of aromatic nitrogens is 1. The fourth-order valence-corrected chi connectivity index (χ4v) is 1.92. The number of nitrogens with zero attached hydrogens (tertiary/aromatic N) is 2. The summed E-state index contributed by atoms with van der Waals surface area (Å²) in [6.45, 7) is 7.14. The van der Waals surface area contributed by atoms with Crippen molar-refractivity contribution in [1.29, 1.82) is 0 Å². The molecule has 0 aliphatic rings. The van der Waals surface area contributed by atoms with Crippen molar-refractivity contribution in [1.82, 2.24) is 9.88 Å². The molecule has 1 atom stereocenters. The molecule has 19 heavy (non-hydrogen) atoms. The highest BCUT2D eigenvalue weighted by molar-refractivity contribution is 5.93. The summed E-state index contributed by atoms with van der Waals surface area (Å²) in [6, 6.07) is 3.92. The minimum Gasteiger partial charge on any atom is -0.388 e. The highest BCUT2D eigenvalue weighted by Gasteiger charge is 2.21. The molecule has 1 rings (SSSR count). The Balaban J connectivity index is 2.90. The minimum atomic E-state index is 0.0277. The van der Waals surface area contributed by atoms with Gasteiger partial charge in [-0.15, -0.1) is 0 Å². The molecule has 1 aromatic rings. The second-order valence-electron chi connectivity index (χ2n) is 4.79. The lowest BCUT2D eigenvalue weighted by atomic mass is 10.1. The number of rotatable bonds is 7. The minimum absolute atomic E-state index is 0.0277. The lowest BCUT2D eigenvalue weighted by Gasteiger charge is -2.28. The summed E-state index contributed by atoms with van der Waals surface area (Å²) >= 11 is 0. The van der Waals surface area contributed by atoms with E-state index in [0.717, 1.165) is 31.5 Å². The van der Waals surface area contributed by atoms with E-state index in [1.165, 1.54) is 0 Å². The van der Waals surface area contributed by atoms with Gasteiger partial charge in [-0.1, -0.05) is 20.3 Å². The highest BCUT2D eigenvalue weighted by atomic mass is 16.2. The molecule has 1 aromatic heterocycles. The van der Waals surface area contributed by atoms with Crippen molar-refractivity contribution in [3.05, 3.63) is 24.0 Å². The number of hydrogen-bond acceptors (Lipinski definition) is 3. The van der Waals surface area contributed by atoms with Gasteiger partial charge in [-0.05, 0) is 31.9 Å². The molecule has 1 unspecified atom stereocenters. The molecule has 4 nitrogen and oxygen atoms in total. The Morgan fingerprint density at radius 1 is 1.47 bits per heavy atom. The Morgan fingerprint density at radius 2 is 2.21 bits per heavy atom. The van der Waals surface area contributed by atoms with Crippen LogP contribution < -0.4 is 5.32 Å². The van der Waals surface area contributed by atoms with Crippen molar-refractivity contribution in [3.8, 4) is 0 Å². The summed E-state index contributed by atoms with van der Waals surface area (Å²) in [4.78, 5) is 18.7. The van der Waals surface area contributed by atoms with Crippen molar-refractivity contribution in [2.45, 2.75) is 46.1 Å². The van der Waals surface area contributed by atoms with Crippen LogP contribution in [0.5, 0.6) is 0 Å². The molecule has 0 bridgehead atoms. The van der Waals surface area contributed by atoms with Crippen LogP contribution in [0.1, 0.15) is 50.5 Å². The number of anilines is 1. The molecule has 0 fully saturated rings. The predicted octanol–water partition coefficient (Wildman–Crippen LogP) is 3.16. The maximum atomic E-state index is 12.6. The van der Waals surface area contributed by atoms with Crippen molar-refractivity contribution in [2.24, 2.45) is 0 Å². The number of amides is 1. The van der Waals surface area contributed by atoms with Crippen LogP contribution in [-0.2, 0) is 0 Å². The molecule has 0 spiro atoms. The third-order valence-electron chi connectivity index (χ3n) is 3.40. The van der Waals surface area contributed by atoms with Gasteiger partial charge in [0.15, 0.2) is 0 Å². The lowest BCUT2D eigenvalue weighted by molar-refractivity contribution is 0.0679. The molecular weight excluding hydrogens is 238 g/mol. The molecule has 1 N–H and O–H groups in total. The quantitative estimate of drug-likeness (QED) is 0.822. The highest BCUT2D eigenvalue weighted by Crippen LogP contribution is 2.13. The van der Waals surface area contributed by atoms with E-state index in [2.05, 4.69) is 31.1 Å². The number of hydrogen-bond donors (Lipinski definition) is 1. The zero-order valence-corrected chi connectivity index (χ0v) is 12.4. The molecule has 0 saturated heterocycles. The van der Waals surface area contributed by atoms with Gasteiger partial charge in [0.1, 0.15) is 5.69 Å². The van der Waals surface area contributed by atoms with Crippen LogP contribution in [0.15, 0.2) is 18.3 Å². The van der Waals surface area contributed by atoms with Crippen LogP contribution in [0.3, 0.4) is 0 Å². The Bertz CT molecular complexity index is 406. The molecule has 1 heterocycles. The number of nitrogens with one attached hydrogen (secondary N) is 1. The van der Waals surface area contributed by atoms with E-state index < -0.39 is 0 Å². The number of pyridine rings is 1. The first kappa shape index (κ1) is 15.5. The first-order chi connectivity index (χ1) is 9.13. The Kier molecular flexibility index (Phi) is 6.33. The fraction of sp³-hybridized carbons (Fsp3) is 0.600. The van der Waals surface area contributed by atoms with E-state index in [9.17, 15) is 4.79 Å². The third kappa shape index (κ3) is 4.23. The van der Waals surface area contributed by atoms with Gasteiger partial charge in [-0.3, -0.25) is 9.78 Å². The van der Waals surface area contributed by atoms with E-state index in [0.29, 0.717) is 5.69 Å². The van der Waals surface area contributed by atoms with Crippen molar-refractivity contribution >= 4 is 11.6 Å². The van der Waals surface area contributed by atoms with Gasteiger partial charge in [0, 0.05) is 31.5 Å². The second-order valence-corrected chi connectivity index (χ2v) is 4.79. The fourth-order valence-electron chi connectivity index (χ4n) is 1.92. The van der Waals surface area contributed by atoms with Crippen molar-refractivity contribution in [2.75, 3.05) is 18.9 Å². The van der Waals surface area contributed by atoms with E-state index in [4.69, 9.17) is 0 Å².